The highest BCUT2D eigenvalue weighted by Gasteiger charge is 2.33. The number of amides is 3. The second-order valence-corrected chi connectivity index (χ2v) is 9.02. The first-order valence-electron chi connectivity index (χ1n) is 11.1. The zero-order valence-electron chi connectivity index (χ0n) is 18.3. The Morgan fingerprint density at radius 2 is 1.28 bits per heavy atom. The van der Waals surface area contributed by atoms with Crippen molar-refractivity contribution in [3.05, 3.63) is 70.2 Å². The number of aryl methyl sites for hydroxylation is 1. The van der Waals surface area contributed by atoms with Gasteiger partial charge >= 0.3 is 0 Å². The predicted molar refractivity (Wildman–Crippen MR) is 124 cm³/mol. The molecule has 2 aromatic rings. The quantitative estimate of drug-likeness (QED) is 0.714. The number of piperidine rings is 1. The number of rotatable bonds is 3. The van der Waals surface area contributed by atoms with Gasteiger partial charge in [-0.1, -0.05) is 29.3 Å². The Balaban J connectivity index is 1.32. The van der Waals surface area contributed by atoms with E-state index in [9.17, 15) is 14.4 Å². The van der Waals surface area contributed by atoms with Gasteiger partial charge in [-0.15, -0.1) is 0 Å². The molecule has 2 aliphatic heterocycles. The van der Waals surface area contributed by atoms with E-state index in [-0.39, 0.29) is 23.6 Å². The van der Waals surface area contributed by atoms with Crippen molar-refractivity contribution in [1.82, 2.24) is 14.7 Å². The van der Waals surface area contributed by atoms with Crippen molar-refractivity contribution in [3.8, 4) is 0 Å². The summed E-state index contributed by atoms with van der Waals surface area (Å²) in [6.45, 7) is 5.17. The highest BCUT2D eigenvalue weighted by molar-refractivity contribution is 6.30. The molecule has 3 amide bonds. The van der Waals surface area contributed by atoms with Gasteiger partial charge in [-0.05, 0) is 56.2 Å². The van der Waals surface area contributed by atoms with Gasteiger partial charge in [-0.2, -0.15) is 0 Å². The summed E-state index contributed by atoms with van der Waals surface area (Å²) in [7, 11) is 0. The fraction of sp³-hybridized carbons (Fsp3) is 0.400. The Hall–Kier alpha value is -2.86. The highest BCUT2D eigenvalue weighted by Crippen LogP contribution is 2.22. The molecule has 0 spiro atoms. The summed E-state index contributed by atoms with van der Waals surface area (Å²) < 4.78 is 0. The third kappa shape index (κ3) is 4.96. The lowest BCUT2D eigenvalue weighted by Gasteiger charge is -2.39. The molecule has 1 atom stereocenters. The van der Waals surface area contributed by atoms with Crippen molar-refractivity contribution in [2.75, 3.05) is 39.3 Å². The smallest absolute Gasteiger partial charge is 0.253 e. The van der Waals surface area contributed by atoms with Crippen molar-refractivity contribution >= 4 is 29.3 Å². The molecule has 2 heterocycles. The molecule has 0 radical (unpaired) electrons. The molecular weight excluding hydrogens is 426 g/mol. The van der Waals surface area contributed by atoms with Crippen LogP contribution >= 0.6 is 11.6 Å². The summed E-state index contributed by atoms with van der Waals surface area (Å²) in [6, 6.07) is 14.4. The summed E-state index contributed by atoms with van der Waals surface area (Å²) in [4.78, 5) is 44.2. The van der Waals surface area contributed by atoms with E-state index in [0.717, 1.165) is 18.4 Å². The molecule has 168 valence electrons. The Kier molecular flexibility index (Phi) is 6.80. The number of carbonyl (C=O) groups is 3. The Morgan fingerprint density at radius 1 is 0.750 bits per heavy atom. The first-order valence-corrected chi connectivity index (χ1v) is 11.5. The number of likely N-dealkylation sites (tertiary alicyclic amines) is 1. The maximum Gasteiger partial charge on any atom is 0.253 e. The third-order valence-corrected chi connectivity index (χ3v) is 6.58. The van der Waals surface area contributed by atoms with E-state index in [1.165, 1.54) is 0 Å². The lowest BCUT2D eigenvalue weighted by molar-refractivity contribution is -0.138. The van der Waals surface area contributed by atoms with E-state index >= 15 is 0 Å². The van der Waals surface area contributed by atoms with Crippen LogP contribution in [-0.4, -0.2) is 71.7 Å². The molecule has 4 rings (SSSR count). The Labute approximate surface area is 193 Å². The van der Waals surface area contributed by atoms with Crippen LogP contribution in [-0.2, 0) is 4.79 Å². The van der Waals surface area contributed by atoms with Crippen molar-refractivity contribution in [2.24, 2.45) is 5.92 Å². The van der Waals surface area contributed by atoms with E-state index in [1.807, 2.05) is 36.1 Å². The average Bonchev–Trinajstić information content (AvgIpc) is 2.84. The van der Waals surface area contributed by atoms with Crippen molar-refractivity contribution in [2.45, 2.75) is 19.8 Å². The maximum absolute atomic E-state index is 13.2. The Bertz CT molecular complexity index is 982. The number of benzene rings is 2. The van der Waals surface area contributed by atoms with Gasteiger partial charge in [0.15, 0.2) is 0 Å². The van der Waals surface area contributed by atoms with Crippen LogP contribution in [0.2, 0.25) is 5.02 Å². The normalized spacial score (nSPS) is 19.1. The van der Waals surface area contributed by atoms with E-state index in [4.69, 9.17) is 11.6 Å². The second kappa shape index (κ2) is 9.74. The number of halogens is 1. The van der Waals surface area contributed by atoms with Crippen LogP contribution in [0.4, 0.5) is 0 Å². The lowest BCUT2D eigenvalue weighted by Crippen LogP contribution is -2.54. The molecule has 2 fully saturated rings. The molecule has 2 aliphatic rings. The van der Waals surface area contributed by atoms with Gasteiger partial charge in [0.25, 0.3) is 11.8 Å². The number of hydrogen-bond acceptors (Lipinski definition) is 3. The molecule has 32 heavy (non-hydrogen) atoms. The molecule has 0 aromatic heterocycles. The molecule has 1 unspecified atom stereocenters. The highest BCUT2D eigenvalue weighted by atomic mass is 35.5. The molecule has 7 heteroatoms. The zero-order chi connectivity index (χ0) is 22.7. The van der Waals surface area contributed by atoms with E-state index in [1.54, 1.807) is 34.1 Å². The molecule has 0 saturated carbocycles. The number of hydrogen-bond donors (Lipinski definition) is 0. The van der Waals surface area contributed by atoms with Crippen molar-refractivity contribution in [1.29, 1.82) is 0 Å². The number of nitrogens with zero attached hydrogens (tertiary/aromatic N) is 3. The molecule has 0 N–H and O–H groups in total. The van der Waals surface area contributed by atoms with Gasteiger partial charge in [-0.3, -0.25) is 14.4 Å². The summed E-state index contributed by atoms with van der Waals surface area (Å²) >= 11 is 5.91. The monoisotopic (exact) mass is 453 g/mol. The minimum absolute atomic E-state index is 0.0131. The fourth-order valence-corrected chi connectivity index (χ4v) is 4.53. The van der Waals surface area contributed by atoms with Gasteiger partial charge < -0.3 is 14.7 Å². The topological polar surface area (TPSA) is 60.9 Å². The summed E-state index contributed by atoms with van der Waals surface area (Å²) in [6.07, 6.45) is 1.61. The van der Waals surface area contributed by atoms with Crippen LogP contribution in [0, 0.1) is 12.8 Å². The number of carbonyl (C=O) groups excluding carboxylic acids is 3. The lowest BCUT2D eigenvalue weighted by atomic mass is 9.95. The third-order valence-electron chi connectivity index (χ3n) is 6.33. The first-order chi connectivity index (χ1) is 15.4. The van der Waals surface area contributed by atoms with Crippen LogP contribution < -0.4 is 0 Å². The molecule has 2 aromatic carbocycles. The van der Waals surface area contributed by atoms with E-state index < -0.39 is 0 Å². The van der Waals surface area contributed by atoms with E-state index in [0.29, 0.717) is 55.4 Å². The van der Waals surface area contributed by atoms with Gasteiger partial charge in [-0.25, -0.2) is 0 Å². The van der Waals surface area contributed by atoms with Gasteiger partial charge in [0.2, 0.25) is 5.91 Å². The van der Waals surface area contributed by atoms with Gasteiger partial charge in [0.05, 0.1) is 5.92 Å². The van der Waals surface area contributed by atoms with Crippen LogP contribution in [0.25, 0.3) is 0 Å². The summed E-state index contributed by atoms with van der Waals surface area (Å²) in [5.41, 5.74) is 2.38. The second-order valence-electron chi connectivity index (χ2n) is 8.58. The fourth-order valence-electron chi connectivity index (χ4n) is 4.41. The van der Waals surface area contributed by atoms with Crippen LogP contribution in [0.5, 0.6) is 0 Å². The summed E-state index contributed by atoms with van der Waals surface area (Å²) in [5, 5.41) is 0.597. The SMILES string of the molecule is Cc1ccc(C(=O)N2CCCC(C(=O)N3CCN(C(=O)c4ccc(Cl)cc4)CC3)C2)cc1. The van der Waals surface area contributed by atoms with Gasteiger partial charge in [0, 0.05) is 55.4 Å². The standard InChI is InChI=1S/C25H28ClN3O3/c1-18-4-6-19(7-5-18)24(31)29-12-2-3-21(17-29)25(32)28-15-13-27(14-16-28)23(30)20-8-10-22(26)11-9-20/h4-11,21H,2-3,12-17H2,1H3. The number of piperazine rings is 1. The van der Waals surface area contributed by atoms with Gasteiger partial charge in [0.1, 0.15) is 0 Å². The minimum atomic E-state index is -0.184. The zero-order valence-corrected chi connectivity index (χ0v) is 19.1. The molecule has 0 bridgehead atoms. The van der Waals surface area contributed by atoms with Crippen molar-refractivity contribution < 1.29 is 14.4 Å². The van der Waals surface area contributed by atoms with Crippen LogP contribution in [0.3, 0.4) is 0 Å². The first kappa shape index (κ1) is 22.3. The summed E-state index contributed by atoms with van der Waals surface area (Å²) in [5.74, 6) is -0.149. The van der Waals surface area contributed by atoms with E-state index in [2.05, 4.69) is 0 Å². The predicted octanol–water partition coefficient (Wildman–Crippen LogP) is 3.49. The van der Waals surface area contributed by atoms with Crippen molar-refractivity contribution in [3.63, 3.8) is 0 Å². The molecular formula is C25H28ClN3O3. The molecule has 2 saturated heterocycles. The largest absolute Gasteiger partial charge is 0.339 e. The van der Waals surface area contributed by atoms with Crippen LogP contribution in [0.1, 0.15) is 39.1 Å². The average molecular weight is 454 g/mol. The van der Waals surface area contributed by atoms with Crippen LogP contribution in [0.15, 0.2) is 48.5 Å². The maximum atomic E-state index is 13.2. The molecule has 6 nitrogen and oxygen atoms in total. The Morgan fingerprint density at radius 3 is 1.91 bits per heavy atom. The minimum Gasteiger partial charge on any atom is -0.339 e. The molecule has 0 aliphatic carbocycles.